The van der Waals surface area contributed by atoms with Crippen molar-refractivity contribution in [3.63, 3.8) is 0 Å². The third-order valence-corrected chi connectivity index (χ3v) is 3.04. The lowest BCUT2D eigenvalue weighted by Gasteiger charge is -2.12. The lowest BCUT2D eigenvalue weighted by atomic mass is 10.0. The molecular formula is C15H18N2O2. The minimum absolute atomic E-state index is 0.0662. The molecule has 19 heavy (non-hydrogen) atoms. The number of aromatic nitrogens is 2. The summed E-state index contributed by atoms with van der Waals surface area (Å²) in [6, 6.07) is 9.65. The lowest BCUT2D eigenvalue weighted by Crippen LogP contribution is -2.11. The van der Waals surface area contributed by atoms with Crippen LogP contribution in [0.25, 0.3) is 11.1 Å². The predicted octanol–water partition coefficient (Wildman–Crippen LogP) is 2.84. The molecule has 0 aliphatic heterocycles. The van der Waals surface area contributed by atoms with E-state index in [0.717, 1.165) is 16.8 Å². The van der Waals surface area contributed by atoms with Crippen LogP contribution in [0.1, 0.15) is 31.2 Å². The molecule has 0 radical (unpaired) electrons. The molecule has 1 aromatic heterocycles. The Balaban J connectivity index is 2.32. The van der Waals surface area contributed by atoms with Gasteiger partial charge in [-0.25, -0.2) is 5.10 Å². The monoisotopic (exact) mass is 258 g/mol. The van der Waals surface area contributed by atoms with E-state index in [1.54, 1.807) is 6.07 Å². The highest BCUT2D eigenvalue weighted by atomic mass is 16.5. The summed E-state index contributed by atoms with van der Waals surface area (Å²) in [4.78, 5) is 11.8. The molecule has 4 nitrogen and oxygen atoms in total. The summed E-state index contributed by atoms with van der Waals surface area (Å²) in [6.45, 7) is 6.53. The van der Waals surface area contributed by atoms with Gasteiger partial charge in [-0.3, -0.25) is 4.79 Å². The number of nitrogens with zero attached hydrogens (tertiary/aromatic N) is 1. The highest BCUT2D eigenvalue weighted by Gasteiger charge is 2.07. The van der Waals surface area contributed by atoms with Gasteiger partial charge in [0.2, 0.25) is 0 Å². The number of ether oxygens (including phenoxy) is 1. The Labute approximate surface area is 112 Å². The summed E-state index contributed by atoms with van der Waals surface area (Å²) in [7, 11) is 0. The third kappa shape index (κ3) is 3.09. The molecule has 4 heteroatoms. The summed E-state index contributed by atoms with van der Waals surface area (Å²) in [5.74, 6) is 0. The minimum Gasteiger partial charge on any atom is -0.374 e. The van der Waals surface area contributed by atoms with E-state index >= 15 is 0 Å². The summed E-state index contributed by atoms with van der Waals surface area (Å²) in [5, 5.41) is 6.37. The maximum Gasteiger partial charge on any atom is 0.272 e. The number of hydrogen-bond donors (Lipinski definition) is 1. The Hall–Kier alpha value is -1.94. The van der Waals surface area contributed by atoms with Gasteiger partial charge in [0.15, 0.2) is 0 Å². The zero-order valence-corrected chi connectivity index (χ0v) is 11.4. The molecule has 1 N–H and O–H groups in total. The van der Waals surface area contributed by atoms with Gasteiger partial charge in [-0.1, -0.05) is 24.3 Å². The quantitative estimate of drug-likeness (QED) is 0.917. The Morgan fingerprint density at radius 3 is 2.63 bits per heavy atom. The van der Waals surface area contributed by atoms with Crippen molar-refractivity contribution in [3.8, 4) is 11.1 Å². The standard InChI is InChI=1S/C15H18N2O2/c1-4-19-11(3)12-5-7-13(8-6-12)14-9-10(2)16-17-15(14)18/h5-9,11H,4H2,1-3H3,(H,17,18)/t11-/m0/s1. The van der Waals surface area contributed by atoms with Crippen LogP contribution in [0.4, 0.5) is 0 Å². The summed E-state index contributed by atoms with van der Waals surface area (Å²) >= 11 is 0. The van der Waals surface area contributed by atoms with E-state index in [-0.39, 0.29) is 11.7 Å². The van der Waals surface area contributed by atoms with Crippen LogP contribution in [-0.2, 0) is 4.74 Å². The number of rotatable bonds is 4. The van der Waals surface area contributed by atoms with Gasteiger partial charge in [-0.05, 0) is 38.0 Å². The molecule has 1 aromatic carbocycles. The van der Waals surface area contributed by atoms with Gasteiger partial charge in [-0.15, -0.1) is 0 Å². The summed E-state index contributed by atoms with van der Waals surface area (Å²) < 4.78 is 5.54. The number of hydrogen-bond acceptors (Lipinski definition) is 3. The molecule has 100 valence electrons. The van der Waals surface area contributed by atoms with Crippen molar-refractivity contribution in [1.29, 1.82) is 0 Å². The number of benzene rings is 1. The fraction of sp³-hybridized carbons (Fsp3) is 0.333. The first-order chi connectivity index (χ1) is 9.11. The van der Waals surface area contributed by atoms with E-state index in [9.17, 15) is 4.79 Å². The predicted molar refractivity (Wildman–Crippen MR) is 75.1 cm³/mol. The largest absolute Gasteiger partial charge is 0.374 e. The molecule has 0 spiro atoms. The van der Waals surface area contributed by atoms with E-state index < -0.39 is 0 Å². The van der Waals surface area contributed by atoms with Gasteiger partial charge in [-0.2, -0.15) is 5.10 Å². The molecule has 1 heterocycles. The summed E-state index contributed by atoms with van der Waals surface area (Å²) in [5.41, 5.74) is 3.26. The van der Waals surface area contributed by atoms with Crippen LogP contribution in [-0.4, -0.2) is 16.8 Å². The number of nitrogens with one attached hydrogen (secondary N) is 1. The third-order valence-electron chi connectivity index (χ3n) is 3.04. The lowest BCUT2D eigenvalue weighted by molar-refractivity contribution is 0.0764. The van der Waals surface area contributed by atoms with Crippen molar-refractivity contribution in [2.75, 3.05) is 6.61 Å². The van der Waals surface area contributed by atoms with Crippen LogP contribution >= 0.6 is 0 Å². The van der Waals surface area contributed by atoms with Crippen LogP contribution in [0, 0.1) is 6.92 Å². The number of aryl methyl sites for hydroxylation is 1. The molecule has 0 aliphatic rings. The maximum atomic E-state index is 11.8. The maximum absolute atomic E-state index is 11.8. The Kier molecular flexibility index (Phi) is 4.12. The normalized spacial score (nSPS) is 12.4. The smallest absolute Gasteiger partial charge is 0.272 e. The topological polar surface area (TPSA) is 55.0 Å². The molecule has 0 saturated heterocycles. The van der Waals surface area contributed by atoms with Gasteiger partial charge in [0.1, 0.15) is 0 Å². The Bertz CT molecular complexity index is 602. The molecule has 0 amide bonds. The Morgan fingerprint density at radius 2 is 2.00 bits per heavy atom. The molecule has 2 aromatic rings. The van der Waals surface area contributed by atoms with Gasteiger partial charge < -0.3 is 4.74 Å². The van der Waals surface area contributed by atoms with Crippen LogP contribution in [0.15, 0.2) is 35.1 Å². The highest BCUT2D eigenvalue weighted by Crippen LogP contribution is 2.21. The zero-order valence-electron chi connectivity index (χ0n) is 11.4. The molecule has 0 saturated carbocycles. The first kappa shape index (κ1) is 13.5. The molecule has 0 fully saturated rings. The van der Waals surface area contributed by atoms with Crippen LogP contribution in [0.5, 0.6) is 0 Å². The molecule has 2 rings (SSSR count). The summed E-state index contributed by atoms with van der Waals surface area (Å²) in [6.07, 6.45) is 0.0662. The van der Waals surface area contributed by atoms with Crippen molar-refractivity contribution in [2.45, 2.75) is 26.9 Å². The van der Waals surface area contributed by atoms with Crippen molar-refractivity contribution in [3.05, 3.63) is 51.9 Å². The second-order valence-electron chi connectivity index (χ2n) is 4.47. The fourth-order valence-electron chi connectivity index (χ4n) is 2.00. The average Bonchev–Trinajstić information content (AvgIpc) is 2.42. The van der Waals surface area contributed by atoms with Crippen molar-refractivity contribution in [1.82, 2.24) is 10.2 Å². The first-order valence-corrected chi connectivity index (χ1v) is 6.40. The van der Waals surface area contributed by atoms with Gasteiger partial charge in [0, 0.05) is 6.61 Å². The average molecular weight is 258 g/mol. The Morgan fingerprint density at radius 1 is 1.32 bits per heavy atom. The van der Waals surface area contributed by atoms with Crippen LogP contribution in [0.3, 0.4) is 0 Å². The second-order valence-corrected chi connectivity index (χ2v) is 4.47. The SMILES string of the molecule is CCO[C@@H](C)c1ccc(-c2cc(C)n[nH]c2=O)cc1. The van der Waals surface area contributed by atoms with Crippen molar-refractivity contribution < 1.29 is 4.74 Å². The van der Waals surface area contributed by atoms with Crippen molar-refractivity contribution >= 4 is 0 Å². The molecule has 1 atom stereocenters. The minimum atomic E-state index is -0.170. The van der Waals surface area contributed by atoms with Gasteiger partial charge in [0.25, 0.3) is 5.56 Å². The van der Waals surface area contributed by atoms with Gasteiger partial charge in [0.05, 0.1) is 17.4 Å². The van der Waals surface area contributed by atoms with E-state index in [4.69, 9.17) is 4.74 Å². The van der Waals surface area contributed by atoms with E-state index in [1.165, 1.54) is 0 Å². The number of H-pyrrole nitrogens is 1. The van der Waals surface area contributed by atoms with E-state index in [2.05, 4.69) is 10.2 Å². The van der Waals surface area contributed by atoms with E-state index in [0.29, 0.717) is 12.2 Å². The zero-order chi connectivity index (χ0) is 13.8. The van der Waals surface area contributed by atoms with Crippen LogP contribution < -0.4 is 5.56 Å². The number of aromatic amines is 1. The van der Waals surface area contributed by atoms with E-state index in [1.807, 2.05) is 45.0 Å². The second kappa shape index (κ2) is 5.80. The molecule has 0 bridgehead atoms. The molecule has 0 unspecified atom stereocenters. The fourth-order valence-corrected chi connectivity index (χ4v) is 2.00. The van der Waals surface area contributed by atoms with Gasteiger partial charge >= 0.3 is 0 Å². The highest BCUT2D eigenvalue weighted by molar-refractivity contribution is 5.62. The van der Waals surface area contributed by atoms with Crippen LogP contribution in [0.2, 0.25) is 0 Å². The first-order valence-electron chi connectivity index (χ1n) is 6.40. The van der Waals surface area contributed by atoms with Crippen molar-refractivity contribution in [2.24, 2.45) is 0 Å². The molecule has 0 aliphatic carbocycles. The molecular weight excluding hydrogens is 240 g/mol.